The summed E-state index contributed by atoms with van der Waals surface area (Å²) < 4.78 is 34.3. The number of hydrogen-bond donors (Lipinski definition) is 2. The van der Waals surface area contributed by atoms with E-state index in [1.807, 2.05) is 0 Å². The van der Waals surface area contributed by atoms with Gasteiger partial charge in [0.25, 0.3) is 5.91 Å². The first kappa shape index (κ1) is 25.8. The maximum Gasteiger partial charge on any atom is 0.255 e. The Bertz CT molecular complexity index is 1170. The molecule has 3 aromatic rings. The lowest BCUT2D eigenvalue weighted by atomic mass is 10.1. The molecule has 35 heavy (non-hydrogen) atoms. The highest BCUT2D eigenvalue weighted by Gasteiger charge is 2.15. The van der Waals surface area contributed by atoms with Crippen LogP contribution in [-0.2, 0) is 16.9 Å². The van der Waals surface area contributed by atoms with Gasteiger partial charge in [0, 0.05) is 35.0 Å². The van der Waals surface area contributed by atoms with Crippen molar-refractivity contribution in [1.29, 1.82) is 0 Å². The molecule has 0 spiro atoms. The van der Waals surface area contributed by atoms with Crippen LogP contribution in [0.25, 0.3) is 6.08 Å². The van der Waals surface area contributed by atoms with Crippen LogP contribution in [0.1, 0.15) is 21.5 Å². The van der Waals surface area contributed by atoms with Crippen molar-refractivity contribution in [3.8, 4) is 23.0 Å². The van der Waals surface area contributed by atoms with Gasteiger partial charge in [-0.1, -0.05) is 6.07 Å². The molecule has 0 bridgehead atoms. The molecule has 0 heterocycles. The van der Waals surface area contributed by atoms with Crippen LogP contribution in [-0.4, -0.2) is 38.9 Å². The van der Waals surface area contributed by atoms with Gasteiger partial charge < -0.3 is 34.6 Å². The standard InChI is InChI=1S/C26H28N2O6S/c1-31-20-14-24(33-3)21(25(15-20)34-4)11-12-35(30)16-17-5-10-23(32-2)22(13-17)28-26(29)18-6-8-19(27)9-7-18/h5-15H,16,27H2,1-4H3,(H,28,29)/b12-11+. The first-order valence-electron chi connectivity index (χ1n) is 10.6. The molecule has 184 valence electrons. The lowest BCUT2D eigenvalue weighted by molar-refractivity contribution is 0.102. The number of carbonyl (C=O) groups is 1. The van der Waals surface area contributed by atoms with E-state index in [-0.39, 0.29) is 11.7 Å². The average molecular weight is 497 g/mol. The molecule has 0 radical (unpaired) electrons. The van der Waals surface area contributed by atoms with E-state index in [1.165, 1.54) is 7.11 Å². The molecule has 1 unspecified atom stereocenters. The number of rotatable bonds is 10. The van der Waals surface area contributed by atoms with Gasteiger partial charge in [-0.15, -0.1) is 0 Å². The fourth-order valence-electron chi connectivity index (χ4n) is 3.32. The lowest BCUT2D eigenvalue weighted by Crippen LogP contribution is -2.13. The second-order valence-corrected chi connectivity index (χ2v) is 8.71. The Morgan fingerprint density at radius 1 is 0.914 bits per heavy atom. The molecular weight excluding hydrogens is 468 g/mol. The molecule has 8 nitrogen and oxygen atoms in total. The molecule has 0 aliphatic carbocycles. The lowest BCUT2D eigenvalue weighted by Gasteiger charge is -2.14. The Morgan fingerprint density at radius 2 is 1.54 bits per heavy atom. The zero-order chi connectivity index (χ0) is 25.4. The summed E-state index contributed by atoms with van der Waals surface area (Å²) in [5.74, 6) is 2.07. The zero-order valence-corrected chi connectivity index (χ0v) is 20.8. The number of hydrogen-bond acceptors (Lipinski definition) is 7. The van der Waals surface area contributed by atoms with Crippen LogP contribution in [0, 0.1) is 0 Å². The van der Waals surface area contributed by atoms with Crippen LogP contribution >= 0.6 is 0 Å². The molecular formula is C26H28N2O6S. The molecule has 0 aliphatic heterocycles. The van der Waals surface area contributed by atoms with Gasteiger partial charge in [0.05, 0.1) is 39.7 Å². The van der Waals surface area contributed by atoms with Gasteiger partial charge in [0.15, 0.2) is 0 Å². The van der Waals surface area contributed by atoms with Crippen LogP contribution in [0.5, 0.6) is 23.0 Å². The van der Waals surface area contributed by atoms with Gasteiger partial charge in [-0.05, 0) is 47.6 Å². The summed E-state index contributed by atoms with van der Waals surface area (Å²) in [5, 5.41) is 4.42. The van der Waals surface area contributed by atoms with Crippen LogP contribution in [0.3, 0.4) is 0 Å². The summed E-state index contributed by atoms with van der Waals surface area (Å²) in [6.07, 6.45) is 1.69. The summed E-state index contributed by atoms with van der Waals surface area (Å²) in [5.41, 5.74) is 8.61. The topological polar surface area (TPSA) is 115 Å². The number of nitrogens with one attached hydrogen (secondary N) is 1. The van der Waals surface area contributed by atoms with Gasteiger partial charge in [0.2, 0.25) is 0 Å². The monoisotopic (exact) mass is 496 g/mol. The molecule has 3 rings (SSSR count). The number of carbonyl (C=O) groups excluding carboxylic acids is 1. The summed E-state index contributed by atoms with van der Waals surface area (Å²) in [6.45, 7) is 0. The second kappa shape index (κ2) is 12.0. The van der Waals surface area contributed by atoms with E-state index in [2.05, 4.69) is 5.32 Å². The van der Waals surface area contributed by atoms with Crippen molar-refractivity contribution in [3.05, 3.63) is 76.7 Å². The number of anilines is 2. The van der Waals surface area contributed by atoms with E-state index in [4.69, 9.17) is 24.7 Å². The Balaban J connectivity index is 1.77. The zero-order valence-electron chi connectivity index (χ0n) is 20.0. The summed E-state index contributed by atoms with van der Waals surface area (Å²) in [4.78, 5) is 12.6. The van der Waals surface area contributed by atoms with Gasteiger partial charge in [-0.2, -0.15) is 0 Å². The Hall–Kier alpha value is -3.82. The average Bonchev–Trinajstić information content (AvgIpc) is 2.87. The first-order valence-corrected chi connectivity index (χ1v) is 12.0. The van der Waals surface area contributed by atoms with E-state index < -0.39 is 11.2 Å². The van der Waals surface area contributed by atoms with Crippen LogP contribution in [0.4, 0.5) is 11.4 Å². The summed E-state index contributed by atoms with van der Waals surface area (Å²) in [6, 6.07) is 15.3. The predicted molar refractivity (Wildman–Crippen MR) is 139 cm³/mol. The molecule has 1 atom stereocenters. The fraction of sp³-hybridized carbons (Fsp3) is 0.192. The quantitative estimate of drug-likeness (QED) is 0.314. The third kappa shape index (κ3) is 6.62. The third-order valence-corrected chi connectivity index (χ3v) is 6.19. The van der Waals surface area contributed by atoms with Gasteiger partial charge in [-0.25, -0.2) is 0 Å². The Morgan fingerprint density at radius 3 is 2.11 bits per heavy atom. The van der Waals surface area contributed by atoms with Gasteiger partial charge >= 0.3 is 0 Å². The van der Waals surface area contributed by atoms with Crippen LogP contribution < -0.4 is 30.0 Å². The number of methoxy groups -OCH3 is 4. The molecule has 3 aromatic carbocycles. The van der Waals surface area contributed by atoms with Crippen molar-refractivity contribution < 1.29 is 28.3 Å². The Kier molecular flexibility index (Phi) is 8.88. The van der Waals surface area contributed by atoms with E-state index >= 15 is 0 Å². The molecule has 0 aliphatic rings. The molecule has 0 saturated carbocycles. The maximum atomic E-state index is 12.8. The van der Waals surface area contributed by atoms with Crippen molar-refractivity contribution in [2.75, 3.05) is 39.5 Å². The van der Waals surface area contributed by atoms with Crippen molar-refractivity contribution >= 4 is 34.5 Å². The van der Waals surface area contributed by atoms with Crippen molar-refractivity contribution in [2.24, 2.45) is 0 Å². The summed E-state index contributed by atoms with van der Waals surface area (Å²) in [7, 11) is 6.16. The molecule has 0 aromatic heterocycles. The van der Waals surface area contributed by atoms with Crippen molar-refractivity contribution in [2.45, 2.75) is 5.75 Å². The molecule has 1 amide bonds. The minimum Gasteiger partial charge on any atom is -0.612 e. The predicted octanol–water partition coefficient (Wildman–Crippen LogP) is 4.48. The molecule has 0 saturated heterocycles. The number of ether oxygens (including phenoxy) is 4. The van der Waals surface area contributed by atoms with Gasteiger partial charge in [-0.3, -0.25) is 4.79 Å². The van der Waals surface area contributed by atoms with Crippen molar-refractivity contribution in [1.82, 2.24) is 0 Å². The van der Waals surface area contributed by atoms with Crippen LogP contribution in [0.2, 0.25) is 0 Å². The number of amides is 1. The maximum absolute atomic E-state index is 12.8. The largest absolute Gasteiger partial charge is 0.612 e. The molecule has 0 fully saturated rings. The van der Waals surface area contributed by atoms with E-state index in [1.54, 1.807) is 87.4 Å². The fourth-order valence-corrected chi connectivity index (χ4v) is 4.22. The minimum absolute atomic E-state index is 0.228. The highest BCUT2D eigenvalue weighted by atomic mass is 32.2. The number of benzene rings is 3. The SMILES string of the molecule is COc1cc(OC)c(/C=C/[S+]([O-])Cc2ccc(OC)c(NC(=O)c3ccc(N)cc3)c2)c(OC)c1. The number of nitrogen functional groups attached to an aromatic ring is 1. The van der Waals surface area contributed by atoms with Crippen LogP contribution in [0.15, 0.2) is 60.0 Å². The highest BCUT2D eigenvalue weighted by molar-refractivity contribution is 7.93. The first-order chi connectivity index (χ1) is 16.9. The van der Waals surface area contributed by atoms with Crippen molar-refractivity contribution in [3.63, 3.8) is 0 Å². The third-order valence-electron chi connectivity index (χ3n) is 5.13. The smallest absolute Gasteiger partial charge is 0.255 e. The number of nitrogens with two attached hydrogens (primary N) is 1. The second-order valence-electron chi connectivity index (χ2n) is 7.38. The minimum atomic E-state index is -1.36. The van der Waals surface area contributed by atoms with Gasteiger partial charge in [0.1, 0.15) is 34.2 Å². The Labute approximate surface area is 207 Å². The van der Waals surface area contributed by atoms with E-state index in [9.17, 15) is 9.35 Å². The normalized spacial score (nSPS) is 11.7. The molecule has 3 N–H and O–H groups in total. The van der Waals surface area contributed by atoms with E-state index in [0.29, 0.717) is 45.5 Å². The summed E-state index contributed by atoms with van der Waals surface area (Å²) >= 11 is -1.36. The molecule has 9 heteroatoms. The van der Waals surface area contributed by atoms with E-state index in [0.717, 1.165) is 5.56 Å². The highest BCUT2D eigenvalue weighted by Crippen LogP contribution is 2.35.